The standard InChI is InChI=1S/C17H29N5O/c1-3-4-11-22-16(8-9-18-22)19-17(23)20-12-15(13-20)21-10-6-5-7-14(21)2/h8-9,14-15H,3-7,10-13H2,1-2H3,(H,19,23). The molecule has 0 aromatic carbocycles. The fourth-order valence-electron chi connectivity index (χ4n) is 3.61. The molecule has 6 heteroatoms. The number of likely N-dealkylation sites (tertiary alicyclic amines) is 2. The Balaban J connectivity index is 1.48. The summed E-state index contributed by atoms with van der Waals surface area (Å²) in [4.78, 5) is 16.9. The van der Waals surface area contributed by atoms with Crippen molar-refractivity contribution in [2.75, 3.05) is 25.0 Å². The molecule has 2 aliphatic rings. The molecule has 128 valence electrons. The van der Waals surface area contributed by atoms with Gasteiger partial charge in [0.05, 0.1) is 6.20 Å². The quantitative estimate of drug-likeness (QED) is 0.908. The molecular weight excluding hydrogens is 290 g/mol. The molecule has 1 atom stereocenters. The van der Waals surface area contributed by atoms with Gasteiger partial charge in [0, 0.05) is 37.8 Å². The van der Waals surface area contributed by atoms with E-state index in [-0.39, 0.29) is 6.03 Å². The molecule has 3 heterocycles. The minimum absolute atomic E-state index is 0.00385. The lowest BCUT2D eigenvalue weighted by atomic mass is 9.98. The number of piperidine rings is 1. The Bertz CT molecular complexity index is 523. The van der Waals surface area contributed by atoms with Crippen LogP contribution in [-0.4, -0.2) is 57.3 Å². The molecule has 3 rings (SSSR count). The Morgan fingerprint density at radius 1 is 1.39 bits per heavy atom. The number of carbonyl (C=O) groups excluding carboxylic acids is 1. The highest BCUT2D eigenvalue weighted by molar-refractivity contribution is 5.89. The van der Waals surface area contributed by atoms with Crippen molar-refractivity contribution in [3.63, 3.8) is 0 Å². The molecule has 23 heavy (non-hydrogen) atoms. The molecule has 0 bridgehead atoms. The second-order valence-corrected chi connectivity index (χ2v) is 6.86. The van der Waals surface area contributed by atoms with E-state index in [9.17, 15) is 4.79 Å². The average molecular weight is 319 g/mol. The van der Waals surface area contributed by atoms with Gasteiger partial charge >= 0.3 is 6.03 Å². The minimum Gasteiger partial charge on any atom is -0.321 e. The molecule has 0 radical (unpaired) electrons. The average Bonchev–Trinajstić information content (AvgIpc) is 2.92. The summed E-state index contributed by atoms with van der Waals surface area (Å²) in [6.07, 6.45) is 7.87. The molecule has 6 nitrogen and oxygen atoms in total. The molecule has 2 aliphatic heterocycles. The van der Waals surface area contributed by atoms with Gasteiger partial charge in [-0.15, -0.1) is 0 Å². The fraction of sp³-hybridized carbons (Fsp3) is 0.765. The predicted molar refractivity (Wildman–Crippen MR) is 91.5 cm³/mol. The monoisotopic (exact) mass is 319 g/mol. The van der Waals surface area contributed by atoms with Gasteiger partial charge in [-0.05, 0) is 32.7 Å². The highest BCUT2D eigenvalue weighted by Crippen LogP contribution is 2.24. The number of carbonyl (C=O) groups is 1. The number of hydrogen-bond donors (Lipinski definition) is 1. The summed E-state index contributed by atoms with van der Waals surface area (Å²) in [5.74, 6) is 0.804. The van der Waals surface area contributed by atoms with Gasteiger partial charge in [0.2, 0.25) is 0 Å². The Kier molecular flexibility index (Phi) is 5.20. The van der Waals surface area contributed by atoms with Crippen LogP contribution < -0.4 is 5.32 Å². The number of anilines is 1. The molecule has 1 N–H and O–H groups in total. The molecular formula is C17H29N5O. The van der Waals surface area contributed by atoms with Gasteiger partial charge in [-0.1, -0.05) is 19.8 Å². The lowest BCUT2D eigenvalue weighted by Gasteiger charge is -2.49. The van der Waals surface area contributed by atoms with E-state index in [1.807, 2.05) is 15.6 Å². The van der Waals surface area contributed by atoms with Crippen LogP contribution in [0.2, 0.25) is 0 Å². The topological polar surface area (TPSA) is 53.4 Å². The van der Waals surface area contributed by atoms with Crippen LogP contribution in [0.5, 0.6) is 0 Å². The van der Waals surface area contributed by atoms with E-state index < -0.39 is 0 Å². The number of aromatic nitrogens is 2. The Labute approximate surface area is 138 Å². The second kappa shape index (κ2) is 7.34. The first kappa shape index (κ1) is 16.3. The summed E-state index contributed by atoms with van der Waals surface area (Å²) in [6.45, 7) is 8.20. The van der Waals surface area contributed by atoms with Crippen molar-refractivity contribution in [1.29, 1.82) is 0 Å². The van der Waals surface area contributed by atoms with Crippen LogP contribution in [0.1, 0.15) is 46.0 Å². The minimum atomic E-state index is 0.00385. The molecule has 2 saturated heterocycles. The number of nitrogens with one attached hydrogen (secondary N) is 1. The van der Waals surface area contributed by atoms with Crippen LogP contribution in [-0.2, 0) is 6.54 Å². The number of aryl methyl sites for hydroxylation is 1. The Hall–Kier alpha value is -1.56. The number of amides is 2. The number of hydrogen-bond acceptors (Lipinski definition) is 3. The van der Waals surface area contributed by atoms with Crippen LogP contribution in [0.4, 0.5) is 10.6 Å². The lowest BCUT2D eigenvalue weighted by Crippen LogP contribution is -2.64. The fourth-order valence-corrected chi connectivity index (χ4v) is 3.61. The van der Waals surface area contributed by atoms with Crippen molar-refractivity contribution in [3.05, 3.63) is 12.3 Å². The van der Waals surface area contributed by atoms with Crippen LogP contribution in [0.3, 0.4) is 0 Å². The van der Waals surface area contributed by atoms with Gasteiger partial charge in [-0.25, -0.2) is 9.48 Å². The van der Waals surface area contributed by atoms with Crippen molar-refractivity contribution < 1.29 is 4.79 Å². The summed E-state index contributed by atoms with van der Waals surface area (Å²) in [6, 6.07) is 3.08. The molecule has 1 aromatic rings. The van der Waals surface area contributed by atoms with E-state index in [1.165, 1.54) is 25.8 Å². The van der Waals surface area contributed by atoms with E-state index in [0.717, 1.165) is 38.3 Å². The summed E-state index contributed by atoms with van der Waals surface area (Å²) < 4.78 is 1.88. The highest BCUT2D eigenvalue weighted by atomic mass is 16.2. The summed E-state index contributed by atoms with van der Waals surface area (Å²) in [5.41, 5.74) is 0. The molecule has 0 aliphatic carbocycles. The molecule has 2 fully saturated rings. The zero-order valence-corrected chi connectivity index (χ0v) is 14.4. The van der Waals surface area contributed by atoms with Gasteiger partial charge < -0.3 is 4.90 Å². The maximum atomic E-state index is 12.4. The van der Waals surface area contributed by atoms with Crippen LogP contribution >= 0.6 is 0 Å². The van der Waals surface area contributed by atoms with E-state index in [4.69, 9.17) is 0 Å². The first-order valence-corrected chi connectivity index (χ1v) is 9.02. The maximum absolute atomic E-state index is 12.4. The van der Waals surface area contributed by atoms with Crippen molar-refractivity contribution >= 4 is 11.8 Å². The largest absolute Gasteiger partial charge is 0.323 e. The van der Waals surface area contributed by atoms with E-state index >= 15 is 0 Å². The van der Waals surface area contributed by atoms with Crippen molar-refractivity contribution in [3.8, 4) is 0 Å². The first-order valence-electron chi connectivity index (χ1n) is 9.02. The van der Waals surface area contributed by atoms with Crippen molar-refractivity contribution in [2.45, 2.75) is 64.6 Å². The van der Waals surface area contributed by atoms with Gasteiger partial charge in [0.25, 0.3) is 0 Å². The zero-order valence-electron chi connectivity index (χ0n) is 14.4. The summed E-state index contributed by atoms with van der Waals surface area (Å²) in [5, 5.41) is 7.29. The first-order chi connectivity index (χ1) is 11.2. The third kappa shape index (κ3) is 3.68. The summed E-state index contributed by atoms with van der Waals surface area (Å²) >= 11 is 0. The summed E-state index contributed by atoms with van der Waals surface area (Å²) in [7, 11) is 0. The maximum Gasteiger partial charge on any atom is 0.323 e. The van der Waals surface area contributed by atoms with Crippen molar-refractivity contribution in [1.82, 2.24) is 19.6 Å². The highest BCUT2D eigenvalue weighted by Gasteiger charge is 2.37. The van der Waals surface area contributed by atoms with Gasteiger partial charge in [-0.3, -0.25) is 10.2 Å². The molecule has 2 amide bonds. The second-order valence-electron chi connectivity index (χ2n) is 6.86. The van der Waals surface area contributed by atoms with E-state index in [0.29, 0.717) is 12.1 Å². The molecule has 1 aromatic heterocycles. The van der Waals surface area contributed by atoms with Crippen LogP contribution in [0.15, 0.2) is 12.3 Å². The van der Waals surface area contributed by atoms with E-state index in [1.54, 1.807) is 6.20 Å². The van der Waals surface area contributed by atoms with E-state index in [2.05, 4.69) is 29.2 Å². The number of unbranched alkanes of at least 4 members (excludes halogenated alkanes) is 1. The van der Waals surface area contributed by atoms with Gasteiger partial charge in [-0.2, -0.15) is 5.10 Å². The third-order valence-corrected chi connectivity index (χ3v) is 5.15. The van der Waals surface area contributed by atoms with Crippen LogP contribution in [0.25, 0.3) is 0 Å². The predicted octanol–water partition coefficient (Wildman–Crippen LogP) is 2.77. The Morgan fingerprint density at radius 3 is 2.96 bits per heavy atom. The molecule has 1 unspecified atom stereocenters. The number of rotatable bonds is 5. The molecule has 0 saturated carbocycles. The number of urea groups is 1. The Morgan fingerprint density at radius 2 is 2.22 bits per heavy atom. The number of nitrogens with zero attached hydrogens (tertiary/aromatic N) is 4. The van der Waals surface area contributed by atoms with Gasteiger partial charge in [0.15, 0.2) is 0 Å². The van der Waals surface area contributed by atoms with Crippen LogP contribution in [0, 0.1) is 0 Å². The lowest BCUT2D eigenvalue weighted by molar-refractivity contribution is 0.0199. The van der Waals surface area contributed by atoms with Gasteiger partial charge in [0.1, 0.15) is 5.82 Å². The smallest absolute Gasteiger partial charge is 0.321 e. The van der Waals surface area contributed by atoms with Crippen molar-refractivity contribution in [2.24, 2.45) is 0 Å². The third-order valence-electron chi connectivity index (χ3n) is 5.15. The SMILES string of the molecule is CCCCn1nccc1NC(=O)N1CC(N2CCCCC2C)C1. The normalized spacial score (nSPS) is 22.9. The zero-order chi connectivity index (χ0) is 16.2. The molecule has 0 spiro atoms.